The van der Waals surface area contributed by atoms with E-state index in [0.717, 1.165) is 31.2 Å². The zero-order valence-electron chi connectivity index (χ0n) is 13.7. The average Bonchev–Trinajstić information content (AvgIpc) is 3.26. The maximum Gasteiger partial charge on any atom is 0.194 e. The number of nitrogens with one attached hydrogen (secondary N) is 1. The van der Waals surface area contributed by atoms with E-state index in [-0.39, 0.29) is 29.9 Å². The van der Waals surface area contributed by atoms with Crippen molar-refractivity contribution >= 4 is 51.5 Å². The smallest absolute Gasteiger partial charge is 0.194 e. The Morgan fingerprint density at radius 3 is 2.74 bits per heavy atom. The topological polar surface area (TPSA) is 61.8 Å². The van der Waals surface area contributed by atoms with E-state index in [2.05, 4.69) is 28.9 Å². The molecule has 8 heteroatoms. The standard InChI is InChI=1S/C15H27N3O2S2.HI/c1-2-14-10-18(6-7-21-14)15(17-13-3-4-13)16-9-12-5-8-22(19,20)11-12;/h12-14H,2-11H2,1H3,(H,16,17);1H. The fraction of sp³-hybridized carbons (Fsp3) is 0.933. The molecule has 3 rings (SSSR count). The number of hydrogen-bond acceptors (Lipinski definition) is 4. The van der Waals surface area contributed by atoms with Gasteiger partial charge in [-0.1, -0.05) is 6.92 Å². The van der Waals surface area contributed by atoms with Crippen molar-refractivity contribution in [2.45, 2.75) is 43.9 Å². The fourth-order valence-corrected chi connectivity index (χ4v) is 6.07. The van der Waals surface area contributed by atoms with E-state index >= 15 is 0 Å². The summed E-state index contributed by atoms with van der Waals surface area (Å²) in [6.45, 7) is 5.00. The molecule has 134 valence electrons. The SMILES string of the molecule is CCC1CN(C(=NCC2CCS(=O)(=O)C2)NC2CC2)CCS1.I. The maximum atomic E-state index is 11.6. The lowest BCUT2D eigenvalue weighted by Crippen LogP contribution is -2.48. The zero-order valence-corrected chi connectivity index (χ0v) is 17.7. The van der Waals surface area contributed by atoms with Crippen LogP contribution in [0.15, 0.2) is 4.99 Å². The highest BCUT2D eigenvalue weighted by Gasteiger charge is 2.30. The molecule has 2 heterocycles. The quantitative estimate of drug-likeness (QED) is 0.385. The van der Waals surface area contributed by atoms with Gasteiger partial charge >= 0.3 is 0 Å². The van der Waals surface area contributed by atoms with E-state index in [9.17, 15) is 8.42 Å². The van der Waals surface area contributed by atoms with Gasteiger partial charge in [-0.05, 0) is 31.6 Å². The van der Waals surface area contributed by atoms with E-state index < -0.39 is 9.84 Å². The molecule has 0 radical (unpaired) electrons. The van der Waals surface area contributed by atoms with Gasteiger partial charge in [-0.3, -0.25) is 4.99 Å². The highest BCUT2D eigenvalue weighted by molar-refractivity contribution is 14.0. The second-order valence-corrected chi connectivity index (χ2v) is 10.3. The van der Waals surface area contributed by atoms with Crippen LogP contribution in [-0.2, 0) is 9.84 Å². The molecule has 5 nitrogen and oxygen atoms in total. The fourth-order valence-electron chi connectivity index (χ4n) is 3.04. The van der Waals surface area contributed by atoms with Crippen LogP contribution < -0.4 is 5.32 Å². The number of sulfone groups is 1. The van der Waals surface area contributed by atoms with Crippen molar-refractivity contribution in [1.29, 1.82) is 0 Å². The molecule has 1 N–H and O–H groups in total. The van der Waals surface area contributed by atoms with Gasteiger partial charge in [-0.2, -0.15) is 11.8 Å². The van der Waals surface area contributed by atoms with E-state index in [0.29, 0.717) is 29.3 Å². The monoisotopic (exact) mass is 473 g/mol. The first kappa shape index (κ1) is 19.6. The van der Waals surface area contributed by atoms with Crippen LogP contribution in [-0.4, -0.2) is 67.5 Å². The van der Waals surface area contributed by atoms with Gasteiger partial charge in [-0.25, -0.2) is 8.42 Å². The third kappa shape index (κ3) is 5.95. The number of guanidine groups is 1. The summed E-state index contributed by atoms with van der Waals surface area (Å²) in [5, 5.41) is 4.25. The first-order valence-corrected chi connectivity index (χ1v) is 11.3. The van der Waals surface area contributed by atoms with Gasteiger partial charge < -0.3 is 10.2 Å². The molecule has 1 aliphatic carbocycles. The summed E-state index contributed by atoms with van der Waals surface area (Å²) in [5.41, 5.74) is 0. The molecule has 3 aliphatic rings. The van der Waals surface area contributed by atoms with Crippen LogP contribution in [0.25, 0.3) is 0 Å². The van der Waals surface area contributed by atoms with Crippen LogP contribution in [0.3, 0.4) is 0 Å². The molecule has 2 saturated heterocycles. The number of nitrogens with zero attached hydrogens (tertiary/aromatic N) is 2. The van der Waals surface area contributed by atoms with E-state index in [1.807, 2.05) is 0 Å². The van der Waals surface area contributed by atoms with Gasteiger partial charge in [0.2, 0.25) is 0 Å². The molecular formula is C15H28IN3O2S2. The molecule has 0 bridgehead atoms. The lowest BCUT2D eigenvalue weighted by molar-refractivity contribution is 0.405. The van der Waals surface area contributed by atoms with Crippen LogP contribution >= 0.6 is 35.7 Å². The molecule has 2 unspecified atom stereocenters. The highest BCUT2D eigenvalue weighted by atomic mass is 127. The van der Waals surface area contributed by atoms with Gasteiger partial charge in [0.05, 0.1) is 11.5 Å². The second kappa shape index (κ2) is 8.60. The lowest BCUT2D eigenvalue weighted by atomic mass is 10.1. The van der Waals surface area contributed by atoms with E-state index in [1.165, 1.54) is 19.3 Å². The number of aliphatic imine (C=N–C) groups is 1. The Labute approximate surface area is 161 Å². The van der Waals surface area contributed by atoms with Crippen LogP contribution in [0, 0.1) is 5.92 Å². The Bertz CT molecular complexity index is 523. The lowest BCUT2D eigenvalue weighted by Gasteiger charge is -2.34. The molecule has 0 amide bonds. The minimum atomic E-state index is -2.80. The molecule has 3 fully saturated rings. The van der Waals surface area contributed by atoms with Crippen LogP contribution in [0.4, 0.5) is 0 Å². The van der Waals surface area contributed by atoms with E-state index in [1.54, 1.807) is 0 Å². The molecule has 0 aromatic carbocycles. The first-order chi connectivity index (χ1) is 10.6. The van der Waals surface area contributed by atoms with Crippen LogP contribution in [0.1, 0.15) is 32.6 Å². The normalized spacial score (nSPS) is 30.8. The molecule has 2 atom stereocenters. The third-order valence-corrected chi connectivity index (χ3v) is 7.84. The molecule has 1 saturated carbocycles. The van der Waals surface area contributed by atoms with Gasteiger partial charge in [0.15, 0.2) is 15.8 Å². The van der Waals surface area contributed by atoms with Crippen molar-refractivity contribution in [3.8, 4) is 0 Å². The minimum absolute atomic E-state index is 0. The van der Waals surface area contributed by atoms with Crippen molar-refractivity contribution in [1.82, 2.24) is 10.2 Å². The predicted molar refractivity (Wildman–Crippen MR) is 109 cm³/mol. The third-order valence-electron chi connectivity index (χ3n) is 4.63. The van der Waals surface area contributed by atoms with Crippen LogP contribution in [0.5, 0.6) is 0 Å². The number of thioether (sulfide) groups is 1. The van der Waals surface area contributed by atoms with Gasteiger partial charge in [0, 0.05) is 36.7 Å². The van der Waals surface area contributed by atoms with Crippen molar-refractivity contribution in [2.75, 3.05) is 36.9 Å². The summed E-state index contributed by atoms with van der Waals surface area (Å²) in [6, 6.07) is 0.584. The van der Waals surface area contributed by atoms with Gasteiger partial charge in [0.25, 0.3) is 0 Å². The minimum Gasteiger partial charge on any atom is -0.354 e. The van der Waals surface area contributed by atoms with Crippen molar-refractivity contribution in [3.63, 3.8) is 0 Å². The summed E-state index contributed by atoms with van der Waals surface area (Å²) < 4.78 is 23.2. The van der Waals surface area contributed by atoms with E-state index in [4.69, 9.17) is 4.99 Å². The second-order valence-electron chi connectivity index (χ2n) is 6.70. The average molecular weight is 473 g/mol. The van der Waals surface area contributed by atoms with Crippen LogP contribution in [0.2, 0.25) is 0 Å². The zero-order chi connectivity index (χ0) is 15.6. The summed E-state index contributed by atoms with van der Waals surface area (Å²) >= 11 is 2.06. The van der Waals surface area contributed by atoms with Crippen molar-refractivity contribution in [3.05, 3.63) is 0 Å². The Kier molecular flexibility index (Phi) is 7.34. The Balaban J connectivity index is 0.00000192. The summed E-state index contributed by atoms with van der Waals surface area (Å²) in [6.07, 6.45) is 4.43. The maximum absolute atomic E-state index is 11.6. The molecule has 2 aliphatic heterocycles. The Morgan fingerprint density at radius 1 is 1.35 bits per heavy atom. The van der Waals surface area contributed by atoms with Gasteiger partial charge in [0.1, 0.15) is 0 Å². The highest BCUT2D eigenvalue weighted by Crippen LogP contribution is 2.24. The van der Waals surface area contributed by atoms with Gasteiger partial charge in [-0.15, -0.1) is 24.0 Å². The number of halogens is 1. The van der Waals surface area contributed by atoms with Crippen molar-refractivity contribution < 1.29 is 8.42 Å². The number of hydrogen-bond donors (Lipinski definition) is 1. The molecule has 0 aromatic rings. The summed E-state index contributed by atoms with van der Waals surface area (Å²) in [4.78, 5) is 7.18. The number of rotatable bonds is 4. The summed E-state index contributed by atoms with van der Waals surface area (Å²) in [5.74, 6) is 3.05. The molecule has 23 heavy (non-hydrogen) atoms. The molecule has 0 spiro atoms. The Morgan fingerprint density at radius 2 is 2.13 bits per heavy atom. The largest absolute Gasteiger partial charge is 0.354 e. The Hall–Kier alpha value is 0.300. The first-order valence-electron chi connectivity index (χ1n) is 8.43. The summed E-state index contributed by atoms with van der Waals surface area (Å²) in [7, 11) is -2.80. The molecular weight excluding hydrogens is 445 g/mol. The molecule has 0 aromatic heterocycles. The van der Waals surface area contributed by atoms with Crippen molar-refractivity contribution in [2.24, 2.45) is 10.9 Å². The predicted octanol–water partition coefficient (Wildman–Crippen LogP) is 1.97.